The Bertz CT molecular complexity index is 1170. The fourth-order valence-corrected chi connectivity index (χ4v) is 3.32. The largest absolute Gasteiger partial charge is 0.433 e. The van der Waals surface area contributed by atoms with Gasteiger partial charge >= 0.3 is 6.18 Å². The molecule has 2 N–H and O–H groups in total. The van der Waals surface area contributed by atoms with Gasteiger partial charge in [0.15, 0.2) is 0 Å². The average Bonchev–Trinajstić information content (AvgIpc) is 3.30. The monoisotopic (exact) mass is 485 g/mol. The average molecular weight is 485 g/mol. The van der Waals surface area contributed by atoms with Crippen molar-refractivity contribution in [1.82, 2.24) is 19.9 Å². The molecule has 176 valence electrons. The number of nitrogens with zero attached hydrogens (tertiary/aromatic N) is 4. The third-order valence-corrected chi connectivity index (χ3v) is 5.55. The predicted octanol–water partition coefficient (Wildman–Crippen LogP) is 3.42. The maximum absolute atomic E-state index is 14.4. The van der Waals surface area contributed by atoms with Gasteiger partial charge in [0.1, 0.15) is 23.7 Å². The number of hydrogen-bond acceptors (Lipinski definition) is 4. The first-order valence-corrected chi connectivity index (χ1v) is 10.5. The Morgan fingerprint density at radius 2 is 2.03 bits per heavy atom. The highest BCUT2D eigenvalue weighted by atomic mass is 32.2. The number of rotatable bonds is 7. The van der Waals surface area contributed by atoms with Gasteiger partial charge in [0.25, 0.3) is 11.3 Å². The van der Waals surface area contributed by atoms with Crippen LogP contribution in [-0.4, -0.2) is 36.3 Å². The molecule has 0 fully saturated rings. The van der Waals surface area contributed by atoms with Gasteiger partial charge in [-0.25, -0.2) is 18.6 Å². The molecule has 0 aliphatic rings. The Morgan fingerprint density at radius 1 is 1.30 bits per heavy atom. The van der Waals surface area contributed by atoms with Crippen molar-refractivity contribution in [2.75, 3.05) is 11.4 Å². The molecule has 33 heavy (non-hydrogen) atoms. The molecule has 2 aromatic heterocycles. The first kappa shape index (κ1) is 24.3. The molecule has 0 aliphatic carbocycles. The molecule has 2 unspecified atom stereocenters. The summed E-state index contributed by atoms with van der Waals surface area (Å²) in [6.07, 6.45) is -0.540. The molecule has 0 saturated heterocycles. The van der Waals surface area contributed by atoms with Gasteiger partial charge in [-0.3, -0.25) is 18.2 Å². The third kappa shape index (κ3) is 5.54. The van der Waals surface area contributed by atoms with E-state index in [1.54, 1.807) is 0 Å². The molecule has 0 saturated carbocycles. The van der Waals surface area contributed by atoms with Crippen molar-refractivity contribution in [3.8, 4) is 5.82 Å². The summed E-state index contributed by atoms with van der Waals surface area (Å²) in [5.41, 5.74) is -0.576. The summed E-state index contributed by atoms with van der Waals surface area (Å²) < 4.78 is 75.9. The molecule has 0 aliphatic heterocycles. The van der Waals surface area contributed by atoms with Gasteiger partial charge in [-0.05, 0) is 30.7 Å². The number of benzene rings is 1. The minimum atomic E-state index is -4.64. The van der Waals surface area contributed by atoms with E-state index in [1.807, 2.05) is 0 Å². The van der Waals surface area contributed by atoms with Crippen LogP contribution in [0, 0.1) is 5.82 Å². The number of carbonyl (C=O) groups excluding carboxylic acids is 1. The Hall–Kier alpha value is -3.32. The second-order valence-corrected chi connectivity index (χ2v) is 8.03. The minimum absolute atomic E-state index is 0.0364. The maximum Gasteiger partial charge on any atom is 0.433 e. The van der Waals surface area contributed by atoms with E-state index in [-0.39, 0.29) is 18.1 Å². The SMILES string of the molecule is CC(C(=O)NCc1ccc(C(F)(F)F)nc1-n1ccnc1)c1ccc(N(C)S(=O)O)c(F)c1. The van der Waals surface area contributed by atoms with Crippen molar-refractivity contribution >= 4 is 22.9 Å². The Balaban J connectivity index is 1.78. The standard InChI is InChI=1S/C20H19F4N5O3S/c1-12(13-3-5-16(15(21)9-13)28(2)33(31)32)19(30)26-10-14-4-6-17(20(22,23)24)27-18(14)29-8-7-25-11-29/h3-9,11-12H,10H2,1-2H3,(H,26,30)(H,31,32). The van der Waals surface area contributed by atoms with Crippen LogP contribution in [0.5, 0.6) is 0 Å². The molecule has 13 heteroatoms. The van der Waals surface area contributed by atoms with Gasteiger partial charge in [0, 0.05) is 31.5 Å². The normalized spacial score (nSPS) is 13.4. The Kier molecular flexibility index (Phi) is 7.12. The van der Waals surface area contributed by atoms with Crippen molar-refractivity contribution in [2.45, 2.75) is 25.6 Å². The summed E-state index contributed by atoms with van der Waals surface area (Å²) in [7, 11) is 1.24. The lowest BCUT2D eigenvalue weighted by Gasteiger charge is -2.18. The highest BCUT2D eigenvalue weighted by Gasteiger charge is 2.33. The highest BCUT2D eigenvalue weighted by molar-refractivity contribution is 7.80. The summed E-state index contributed by atoms with van der Waals surface area (Å²) in [4.78, 5) is 20.1. The number of amides is 1. The molecule has 2 atom stereocenters. The molecule has 3 rings (SSSR count). The molecule has 3 aromatic rings. The Labute approximate surface area is 188 Å². The van der Waals surface area contributed by atoms with Crippen molar-refractivity contribution in [1.29, 1.82) is 0 Å². The zero-order valence-corrected chi connectivity index (χ0v) is 18.2. The molecular weight excluding hydrogens is 466 g/mol. The van der Waals surface area contributed by atoms with Crippen LogP contribution in [0.4, 0.5) is 23.2 Å². The maximum atomic E-state index is 14.4. The van der Waals surface area contributed by atoms with Gasteiger partial charge in [0.2, 0.25) is 5.91 Å². The van der Waals surface area contributed by atoms with E-state index in [1.165, 1.54) is 55.5 Å². The van der Waals surface area contributed by atoms with E-state index >= 15 is 0 Å². The zero-order chi connectivity index (χ0) is 24.3. The second kappa shape index (κ2) is 9.67. The zero-order valence-electron chi connectivity index (χ0n) is 17.4. The number of carbonyl (C=O) groups is 1. The molecule has 2 heterocycles. The van der Waals surface area contributed by atoms with Crippen LogP contribution in [-0.2, 0) is 28.8 Å². The van der Waals surface area contributed by atoms with Crippen LogP contribution in [0.2, 0.25) is 0 Å². The fourth-order valence-electron chi connectivity index (χ4n) is 3.00. The Morgan fingerprint density at radius 3 is 2.61 bits per heavy atom. The number of halogens is 4. The van der Waals surface area contributed by atoms with Crippen LogP contribution in [0.3, 0.4) is 0 Å². The summed E-state index contributed by atoms with van der Waals surface area (Å²) in [6.45, 7) is 1.40. The minimum Gasteiger partial charge on any atom is -0.351 e. The van der Waals surface area contributed by atoms with Crippen LogP contribution < -0.4 is 9.62 Å². The van der Waals surface area contributed by atoms with Crippen molar-refractivity contribution in [3.05, 3.63) is 71.7 Å². The van der Waals surface area contributed by atoms with E-state index in [4.69, 9.17) is 4.55 Å². The van der Waals surface area contributed by atoms with Crippen molar-refractivity contribution in [3.63, 3.8) is 0 Å². The number of nitrogens with one attached hydrogen (secondary N) is 1. The van der Waals surface area contributed by atoms with Crippen LogP contribution in [0.15, 0.2) is 49.1 Å². The lowest BCUT2D eigenvalue weighted by molar-refractivity contribution is -0.141. The molecule has 0 bridgehead atoms. The molecular formula is C20H19F4N5O3S. The number of pyridine rings is 1. The summed E-state index contributed by atoms with van der Waals surface area (Å²) >= 11 is -2.41. The lowest BCUT2D eigenvalue weighted by Crippen LogP contribution is -2.28. The van der Waals surface area contributed by atoms with Crippen molar-refractivity contribution in [2.24, 2.45) is 0 Å². The third-order valence-electron chi connectivity index (χ3n) is 4.89. The molecule has 8 nitrogen and oxygen atoms in total. The van der Waals surface area contributed by atoms with Crippen LogP contribution in [0.1, 0.15) is 29.7 Å². The number of imidazole rings is 1. The first-order chi connectivity index (χ1) is 15.5. The van der Waals surface area contributed by atoms with E-state index in [0.29, 0.717) is 11.1 Å². The van der Waals surface area contributed by atoms with Gasteiger partial charge < -0.3 is 5.32 Å². The number of anilines is 1. The number of aromatic nitrogens is 3. The molecule has 0 radical (unpaired) electrons. The number of alkyl halides is 3. The van der Waals surface area contributed by atoms with Gasteiger partial charge in [-0.15, -0.1) is 0 Å². The van der Waals surface area contributed by atoms with Gasteiger partial charge in [0.05, 0.1) is 11.6 Å². The van der Waals surface area contributed by atoms with E-state index in [2.05, 4.69) is 15.3 Å². The quantitative estimate of drug-likeness (QED) is 0.395. The molecule has 1 aromatic carbocycles. The smallest absolute Gasteiger partial charge is 0.351 e. The summed E-state index contributed by atoms with van der Waals surface area (Å²) in [6, 6.07) is 5.85. The summed E-state index contributed by atoms with van der Waals surface area (Å²) in [5, 5.41) is 2.62. The van der Waals surface area contributed by atoms with Gasteiger partial charge in [-0.1, -0.05) is 12.1 Å². The van der Waals surface area contributed by atoms with Gasteiger partial charge in [-0.2, -0.15) is 13.2 Å². The molecule has 0 spiro atoms. The van der Waals surface area contributed by atoms with Crippen LogP contribution >= 0.6 is 0 Å². The van der Waals surface area contributed by atoms with Crippen LogP contribution in [0.25, 0.3) is 5.82 Å². The second-order valence-electron chi connectivity index (χ2n) is 7.03. The van der Waals surface area contributed by atoms with Crippen molar-refractivity contribution < 1.29 is 31.1 Å². The predicted molar refractivity (Wildman–Crippen MR) is 112 cm³/mol. The van der Waals surface area contributed by atoms with E-state index in [0.717, 1.165) is 16.4 Å². The van der Waals surface area contributed by atoms with E-state index < -0.39 is 40.8 Å². The summed E-state index contributed by atoms with van der Waals surface area (Å²) in [5.74, 6) is -2.13. The topological polar surface area (TPSA) is 100 Å². The van der Waals surface area contributed by atoms with E-state index in [9.17, 15) is 26.6 Å². The molecule has 1 amide bonds. The first-order valence-electron chi connectivity index (χ1n) is 9.46. The highest BCUT2D eigenvalue weighted by Crippen LogP contribution is 2.29. The lowest BCUT2D eigenvalue weighted by atomic mass is 9.99. The fraction of sp³-hybridized carbons (Fsp3) is 0.250. The number of hydrogen-bond donors (Lipinski definition) is 2.